The minimum absolute atomic E-state index is 0.186. The van der Waals surface area contributed by atoms with Crippen LogP contribution in [-0.2, 0) is 11.2 Å². The third-order valence-corrected chi connectivity index (χ3v) is 3.20. The minimum Gasteiger partial charge on any atom is -0.355 e. The second kappa shape index (κ2) is 6.90. The Morgan fingerprint density at radius 1 is 1.05 bits per heavy atom. The van der Waals surface area contributed by atoms with Crippen LogP contribution >= 0.6 is 11.6 Å². The second-order valence-electron chi connectivity index (χ2n) is 4.48. The van der Waals surface area contributed by atoms with E-state index in [1.54, 1.807) is 55.6 Å². The average Bonchev–Trinajstić information content (AvgIpc) is 2.49. The first kappa shape index (κ1) is 15.1. The molecule has 0 aliphatic rings. The fourth-order valence-electron chi connectivity index (χ4n) is 1.91. The lowest BCUT2D eigenvalue weighted by molar-refractivity contribution is -0.115. The number of carbonyl (C=O) groups excluding carboxylic acids is 2. The molecule has 0 saturated carbocycles. The van der Waals surface area contributed by atoms with Gasteiger partial charge < -0.3 is 10.6 Å². The van der Waals surface area contributed by atoms with Crippen LogP contribution in [-0.4, -0.2) is 18.9 Å². The van der Waals surface area contributed by atoms with Crippen molar-refractivity contribution in [3.05, 3.63) is 64.7 Å². The van der Waals surface area contributed by atoms with Gasteiger partial charge >= 0.3 is 0 Å². The highest BCUT2D eigenvalue weighted by atomic mass is 35.5. The summed E-state index contributed by atoms with van der Waals surface area (Å²) >= 11 is 5.80. The van der Waals surface area contributed by atoms with Crippen molar-refractivity contribution < 1.29 is 9.59 Å². The van der Waals surface area contributed by atoms with Gasteiger partial charge in [0.15, 0.2) is 0 Å². The van der Waals surface area contributed by atoms with Crippen LogP contribution in [0.15, 0.2) is 48.5 Å². The lowest BCUT2D eigenvalue weighted by Crippen LogP contribution is -2.22. The molecule has 108 valence electrons. The Kier molecular flexibility index (Phi) is 4.95. The number of rotatable bonds is 4. The smallest absolute Gasteiger partial charge is 0.253 e. The van der Waals surface area contributed by atoms with Crippen LogP contribution in [0.25, 0.3) is 0 Å². The topological polar surface area (TPSA) is 58.2 Å². The molecule has 21 heavy (non-hydrogen) atoms. The number of hydrogen-bond acceptors (Lipinski definition) is 2. The van der Waals surface area contributed by atoms with E-state index in [2.05, 4.69) is 10.6 Å². The summed E-state index contributed by atoms with van der Waals surface area (Å²) in [7, 11) is 1.55. The number of para-hydroxylation sites is 1. The Hall–Kier alpha value is -2.33. The van der Waals surface area contributed by atoms with E-state index in [1.807, 2.05) is 0 Å². The van der Waals surface area contributed by atoms with E-state index in [4.69, 9.17) is 11.6 Å². The van der Waals surface area contributed by atoms with Crippen molar-refractivity contribution in [3.8, 4) is 0 Å². The van der Waals surface area contributed by atoms with E-state index >= 15 is 0 Å². The first-order valence-electron chi connectivity index (χ1n) is 6.45. The zero-order chi connectivity index (χ0) is 15.2. The molecular weight excluding hydrogens is 288 g/mol. The van der Waals surface area contributed by atoms with Gasteiger partial charge in [0.05, 0.1) is 17.7 Å². The fourth-order valence-corrected chi connectivity index (χ4v) is 2.03. The lowest BCUT2D eigenvalue weighted by Gasteiger charge is -2.10. The van der Waals surface area contributed by atoms with Crippen molar-refractivity contribution in [2.24, 2.45) is 0 Å². The summed E-state index contributed by atoms with van der Waals surface area (Å²) in [5, 5.41) is 5.93. The summed E-state index contributed by atoms with van der Waals surface area (Å²) in [5.74, 6) is -0.425. The molecule has 0 radical (unpaired) electrons. The van der Waals surface area contributed by atoms with Crippen molar-refractivity contribution >= 4 is 29.1 Å². The van der Waals surface area contributed by atoms with Crippen LogP contribution in [0.5, 0.6) is 0 Å². The molecular formula is C16H15ClN2O2. The van der Waals surface area contributed by atoms with Gasteiger partial charge in [-0.1, -0.05) is 35.9 Å². The van der Waals surface area contributed by atoms with Crippen LogP contribution < -0.4 is 10.6 Å². The number of hydrogen-bond donors (Lipinski definition) is 2. The molecule has 2 amide bonds. The van der Waals surface area contributed by atoms with E-state index in [0.29, 0.717) is 16.3 Å². The summed E-state index contributed by atoms with van der Waals surface area (Å²) in [6.07, 6.45) is 0.221. The molecule has 0 bridgehead atoms. The van der Waals surface area contributed by atoms with Crippen LogP contribution in [0.3, 0.4) is 0 Å². The van der Waals surface area contributed by atoms with Crippen molar-refractivity contribution in [2.45, 2.75) is 6.42 Å². The number of carbonyl (C=O) groups is 2. The number of anilines is 1. The van der Waals surface area contributed by atoms with Gasteiger partial charge in [-0.15, -0.1) is 0 Å². The van der Waals surface area contributed by atoms with Crippen LogP contribution in [0, 0.1) is 0 Å². The lowest BCUT2D eigenvalue weighted by atomic mass is 10.1. The monoisotopic (exact) mass is 302 g/mol. The average molecular weight is 303 g/mol. The molecule has 0 aliphatic heterocycles. The van der Waals surface area contributed by atoms with E-state index in [0.717, 1.165) is 5.56 Å². The third-order valence-electron chi connectivity index (χ3n) is 2.95. The van der Waals surface area contributed by atoms with E-state index in [9.17, 15) is 9.59 Å². The van der Waals surface area contributed by atoms with Gasteiger partial charge in [0, 0.05) is 12.1 Å². The maximum absolute atomic E-state index is 12.1. The standard InChI is InChI=1S/C16H15ClN2O2/c1-18-16(21)13-4-2-3-5-14(13)19-15(20)10-11-6-8-12(17)9-7-11/h2-9H,10H2,1H3,(H,18,21)(H,19,20). The molecule has 0 unspecified atom stereocenters. The van der Waals surface area contributed by atoms with Crippen molar-refractivity contribution in [2.75, 3.05) is 12.4 Å². The molecule has 0 fully saturated rings. The van der Waals surface area contributed by atoms with E-state index < -0.39 is 0 Å². The molecule has 0 spiro atoms. The number of benzene rings is 2. The number of halogens is 1. The summed E-state index contributed by atoms with van der Waals surface area (Å²) < 4.78 is 0. The molecule has 2 aromatic carbocycles. The van der Waals surface area contributed by atoms with Gasteiger partial charge in [-0.05, 0) is 29.8 Å². The maximum Gasteiger partial charge on any atom is 0.253 e. The Morgan fingerprint density at radius 2 is 1.71 bits per heavy atom. The normalized spacial score (nSPS) is 10.0. The fraction of sp³-hybridized carbons (Fsp3) is 0.125. The molecule has 0 heterocycles. The van der Waals surface area contributed by atoms with Gasteiger partial charge in [0.25, 0.3) is 5.91 Å². The summed E-state index contributed by atoms with van der Waals surface area (Å²) in [4.78, 5) is 23.8. The SMILES string of the molecule is CNC(=O)c1ccccc1NC(=O)Cc1ccc(Cl)cc1. The Labute approximate surface area is 128 Å². The largest absolute Gasteiger partial charge is 0.355 e. The van der Waals surface area contributed by atoms with Gasteiger partial charge in [-0.25, -0.2) is 0 Å². The highest BCUT2D eigenvalue weighted by Crippen LogP contribution is 2.16. The molecule has 2 aromatic rings. The predicted molar refractivity (Wildman–Crippen MR) is 83.6 cm³/mol. The van der Waals surface area contributed by atoms with Gasteiger partial charge in [-0.2, -0.15) is 0 Å². The highest BCUT2D eigenvalue weighted by Gasteiger charge is 2.11. The second-order valence-corrected chi connectivity index (χ2v) is 4.91. The first-order valence-corrected chi connectivity index (χ1v) is 6.83. The van der Waals surface area contributed by atoms with Crippen LogP contribution in [0.4, 0.5) is 5.69 Å². The van der Waals surface area contributed by atoms with Crippen molar-refractivity contribution in [3.63, 3.8) is 0 Å². The number of nitrogens with one attached hydrogen (secondary N) is 2. The molecule has 2 rings (SSSR count). The summed E-state index contributed by atoms with van der Waals surface area (Å²) in [5.41, 5.74) is 1.79. The Morgan fingerprint density at radius 3 is 2.38 bits per heavy atom. The summed E-state index contributed by atoms with van der Waals surface area (Å²) in [6, 6.07) is 14.0. The molecule has 4 nitrogen and oxygen atoms in total. The quantitative estimate of drug-likeness (QED) is 0.912. The third kappa shape index (κ3) is 4.07. The minimum atomic E-state index is -0.239. The Bertz CT molecular complexity index is 654. The maximum atomic E-state index is 12.1. The molecule has 5 heteroatoms. The zero-order valence-electron chi connectivity index (χ0n) is 11.5. The van der Waals surface area contributed by atoms with Crippen LogP contribution in [0.1, 0.15) is 15.9 Å². The Balaban J connectivity index is 2.09. The van der Waals surface area contributed by atoms with Gasteiger partial charge in [-0.3, -0.25) is 9.59 Å². The van der Waals surface area contributed by atoms with Gasteiger partial charge in [0.2, 0.25) is 5.91 Å². The molecule has 2 N–H and O–H groups in total. The molecule has 0 aliphatic carbocycles. The van der Waals surface area contributed by atoms with E-state index in [1.165, 1.54) is 0 Å². The molecule has 0 aromatic heterocycles. The molecule has 0 saturated heterocycles. The van der Waals surface area contributed by atoms with Gasteiger partial charge in [0.1, 0.15) is 0 Å². The number of amides is 2. The first-order chi connectivity index (χ1) is 10.1. The zero-order valence-corrected chi connectivity index (χ0v) is 12.3. The van der Waals surface area contributed by atoms with Crippen LogP contribution in [0.2, 0.25) is 5.02 Å². The highest BCUT2D eigenvalue weighted by molar-refractivity contribution is 6.30. The predicted octanol–water partition coefficient (Wildman–Crippen LogP) is 2.88. The van der Waals surface area contributed by atoms with E-state index in [-0.39, 0.29) is 18.2 Å². The van der Waals surface area contributed by atoms with Crippen molar-refractivity contribution in [1.29, 1.82) is 0 Å². The van der Waals surface area contributed by atoms with Crippen molar-refractivity contribution in [1.82, 2.24) is 5.32 Å². The summed E-state index contributed by atoms with van der Waals surface area (Å²) in [6.45, 7) is 0. The molecule has 0 atom stereocenters.